The third kappa shape index (κ3) is 3.51. The van der Waals surface area contributed by atoms with E-state index in [-0.39, 0.29) is 0 Å². The van der Waals surface area contributed by atoms with Gasteiger partial charge in [-0.15, -0.1) is 0 Å². The van der Waals surface area contributed by atoms with Gasteiger partial charge >= 0.3 is 0 Å². The number of nitrogens with zero attached hydrogens (tertiary/aromatic N) is 2. The molecule has 0 aliphatic heterocycles. The molecule has 0 saturated carbocycles. The average molecular weight is 275 g/mol. The topological polar surface area (TPSA) is 48.3 Å². The fraction of sp³-hybridized carbons (Fsp3) is 0.400. The maximum absolute atomic E-state index is 5.57. The lowest BCUT2D eigenvalue weighted by atomic mass is 10.2. The second-order valence-corrected chi connectivity index (χ2v) is 4.47. The van der Waals surface area contributed by atoms with Gasteiger partial charge in [0.05, 0.1) is 19.4 Å². The van der Waals surface area contributed by atoms with Crippen LogP contribution in [0.1, 0.15) is 18.2 Å². The van der Waals surface area contributed by atoms with E-state index in [0.717, 1.165) is 29.3 Å². The lowest BCUT2D eigenvalue weighted by Gasteiger charge is -2.13. The highest BCUT2D eigenvalue weighted by Gasteiger charge is 2.09. The first-order valence-electron chi connectivity index (χ1n) is 6.72. The van der Waals surface area contributed by atoms with Crippen LogP contribution in [0.5, 0.6) is 11.5 Å². The summed E-state index contributed by atoms with van der Waals surface area (Å²) in [6, 6.07) is 7.93. The number of para-hydroxylation sites is 1. The van der Waals surface area contributed by atoms with E-state index in [1.165, 1.54) is 0 Å². The van der Waals surface area contributed by atoms with Crippen molar-refractivity contribution in [1.82, 2.24) is 15.1 Å². The minimum absolute atomic E-state index is 0.626. The molecule has 0 spiro atoms. The Morgan fingerprint density at radius 2 is 2.10 bits per heavy atom. The maximum Gasteiger partial charge on any atom is 0.165 e. The Bertz CT molecular complexity index is 552. The number of rotatable bonds is 7. The van der Waals surface area contributed by atoms with Crippen molar-refractivity contribution in [3.63, 3.8) is 0 Å². The Labute approximate surface area is 119 Å². The van der Waals surface area contributed by atoms with Gasteiger partial charge in [-0.3, -0.25) is 4.68 Å². The summed E-state index contributed by atoms with van der Waals surface area (Å²) in [6.45, 7) is 4.02. The number of ether oxygens (including phenoxy) is 2. The molecule has 0 amide bonds. The second kappa shape index (κ2) is 6.96. The van der Waals surface area contributed by atoms with E-state index in [2.05, 4.69) is 10.4 Å². The Kier molecular flexibility index (Phi) is 5.01. The van der Waals surface area contributed by atoms with Crippen LogP contribution in [-0.2, 0) is 20.1 Å². The number of aryl methyl sites for hydroxylation is 1. The van der Waals surface area contributed by atoms with E-state index in [1.807, 2.05) is 44.4 Å². The van der Waals surface area contributed by atoms with Crippen LogP contribution < -0.4 is 14.8 Å². The molecular formula is C15H21N3O2. The van der Waals surface area contributed by atoms with Crippen LogP contribution >= 0.6 is 0 Å². The molecule has 2 rings (SSSR count). The van der Waals surface area contributed by atoms with Crippen LogP contribution in [0.3, 0.4) is 0 Å². The lowest BCUT2D eigenvalue weighted by Crippen LogP contribution is -2.14. The Balaban J connectivity index is 1.99. The van der Waals surface area contributed by atoms with Gasteiger partial charge < -0.3 is 14.8 Å². The van der Waals surface area contributed by atoms with E-state index in [9.17, 15) is 0 Å². The maximum atomic E-state index is 5.57. The molecule has 0 bridgehead atoms. The fourth-order valence-corrected chi connectivity index (χ4v) is 2.08. The minimum Gasteiger partial charge on any atom is -0.493 e. The van der Waals surface area contributed by atoms with Gasteiger partial charge in [-0.25, -0.2) is 0 Å². The highest BCUT2D eigenvalue weighted by molar-refractivity contribution is 5.46. The van der Waals surface area contributed by atoms with Gasteiger partial charge in [0.2, 0.25) is 0 Å². The Morgan fingerprint density at radius 1 is 1.25 bits per heavy atom. The molecule has 0 aliphatic rings. The SMILES string of the molecule is CCOc1cccc(CNCc2ccn(C)n2)c1OC. The molecular weight excluding hydrogens is 254 g/mol. The highest BCUT2D eigenvalue weighted by Crippen LogP contribution is 2.30. The monoisotopic (exact) mass is 275 g/mol. The molecule has 0 fully saturated rings. The van der Waals surface area contributed by atoms with Crippen LogP contribution in [-0.4, -0.2) is 23.5 Å². The van der Waals surface area contributed by atoms with E-state index in [4.69, 9.17) is 9.47 Å². The molecule has 1 aromatic carbocycles. The number of nitrogens with one attached hydrogen (secondary N) is 1. The van der Waals surface area contributed by atoms with Crippen molar-refractivity contribution in [2.45, 2.75) is 20.0 Å². The largest absolute Gasteiger partial charge is 0.493 e. The molecule has 0 aliphatic carbocycles. The van der Waals surface area contributed by atoms with Gasteiger partial charge in [0.15, 0.2) is 11.5 Å². The van der Waals surface area contributed by atoms with E-state index in [1.54, 1.807) is 11.8 Å². The summed E-state index contributed by atoms with van der Waals surface area (Å²) in [5.41, 5.74) is 2.10. The van der Waals surface area contributed by atoms with Crippen molar-refractivity contribution in [3.8, 4) is 11.5 Å². The zero-order valence-corrected chi connectivity index (χ0v) is 12.2. The zero-order valence-electron chi connectivity index (χ0n) is 12.2. The Hall–Kier alpha value is -2.01. The van der Waals surface area contributed by atoms with Gasteiger partial charge in [0, 0.05) is 31.9 Å². The van der Waals surface area contributed by atoms with Gasteiger partial charge in [-0.2, -0.15) is 5.10 Å². The van der Waals surface area contributed by atoms with Gasteiger partial charge in [-0.1, -0.05) is 12.1 Å². The minimum atomic E-state index is 0.626. The third-order valence-electron chi connectivity index (χ3n) is 2.95. The molecule has 0 unspecified atom stereocenters. The van der Waals surface area contributed by atoms with Crippen molar-refractivity contribution in [3.05, 3.63) is 41.7 Å². The van der Waals surface area contributed by atoms with Gasteiger partial charge in [-0.05, 0) is 19.1 Å². The summed E-state index contributed by atoms with van der Waals surface area (Å²) in [6.07, 6.45) is 1.94. The number of aromatic nitrogens is 2. The molecule has 0 atom stereocenters. The van der Waals surface area contributed by atoms with E-state index < -0.39 is 0 Å². The van der Waals surface area contributed by atoms with E-state index >= 15 is 0 Å². The molecule has 0 radical (unpaired) electrons. The van der Waals surface area contributed by atoms with Crippen molar-refractivity contribution in [2.75, 3.05) is 13.7 Å². The van der Waals surface area contributed by atoms with Crippen LogP contribution in [0.2, 0.25) is 0 Å². The smallest absolute Gasteiger partial charge is 0.165 e. The summed E-state index contributed by atoms with van der Waals surface area (Å²) in [4.78, 5) is 0. The summed E-state index contributed by atoms with van der Waals surface area (Å²) in [5.74, 6) is 1.58. The van der Waals surface area contributed by atoms with Crippen LogP contribution in [0.4, 0.5) is 0 Å². The second-order valence-electron chi connectivity index (χ2n) is 4.47. The standard InChI is InChI=1S/C15H21N3O2/c1-4-20-14-7-5-6-12(15(14)19-3)10-16-11-13-8-9-18(2)17-13/h5-9,16H,4,10-11H2,1-3H3. The first-order valence-corrected chi connectivity index (χ1v) is 6.72. The summed E-state index contributed by atoms with van der Waals surface area (Å²) < 4.78 is 12.8. The third-order valence-corrected chi connectivity index (χ3v) is 2.95. The Morgan fingerprint density at radius 3 is 2.75 bits per heavy atom. The van der Waals surface area contributed by atoms with Crippen molar-refractivity contribution in [2.24, 2.45) is 7.05 Å². The molecule has 2 aromatic rings. The lowest BCUT2D eigenvalue weighted by molar-refractivity contribution is 0.308. The summed E-state index contributed by atoms with van der Waals surface area (Å²) in [7, 11) is 3.58. The quantitative estimate of drug-likeness (QED) is 0.841. The number of hydrogen-bond acceptors (Lipinski definition) is 4. The molecule has 1 heterocycles. The number of hydrogen-bond donors (Lipinski definition) is 1. The molecule has 1 aromatic heterocycles. The molecule has 0 saturated heterocycles. The highest BCUT2D eigenvalue weighted by atomic mass is 16.5. The molecule has 108 valence electrons. The van der Waals surface area contributed by atoms with Gasteiger partial charge in [0.25, 0.3) is 0 Å². The van der Waals surface area contributed by atoms with Crippen LogP contribution in [0.25, 0.3) is 0 Å². The van der Waals surface area contributed by atoms with E-state index in [0.29, 0.717) is 13.2 Å². The predicted molar refractivity (Wildman–Crippen MR) is 77.9 cm³/mol. The molecule has 1 N–H and O–H groups in total. The molecule has 5 nitrogen and oxygen atoms in total. The number of benzene rings is 1. The van der Waals surface area contributed by atoms with Gasteiger partial charge in [0.1, 0.15) is 0 Å². The van der Waals surface area contributed by atoms with Crippen LogP contribution in [0, 0.1) is 0 Å². The van der Waals surface area contributed by atoms with Crippen LogP contribution in [0.15, 0.2) is 30.5 Å². The summed E-state index contributed by atoms with van der Waals surface area (Å²) >= 11 is 0. The fourth-order valence-electron chi connectivity index (χ4n) is 2.08. The van der Waals surface area contributed by atoms with Crippen molar-refractivity contribution in [1.29, 1.82) is 0 Å². The average Bonchev–Trinajstić information content (AvgIpc) is 2.85. The normalized spacial score (nSPS) is 10.6. The first kappa shape index (κ1) is 14.4. The number of methoxy groups -OCH3 is 1. The van der Waals surface area contributed by atoms with Crippen molar-refractivity contribution < 1.29 is 9.47 Å². The first-order chi connectivity index (χ1) is 9.74. The zero-order chi connectivity index (χ0) is 14.4. The van der Waals surface area contributed by atoms with Crippen molar-refractivity contribution >= 4 is 0 Å². The molecule has 5 heteroatoms. The summed E-state index contributed by atoms with van der Waals surface area (Å²) in [5, 5.41) is 7.69. The predicted octanol–water partition coefficient (Wildman–Crippen LogP) is 2.12. The molecule has 20 heavy (non-hydrogen) atoms.